The molecule has 0 aliphatic rings. The molecule has 0 aliphatic heterocycles. The lowest BCUT2D eigenvalue weighted by Crippen LogP contribution is -2.10. The first kappa shape index (κ1) is 14.6. The van der Waals surface area contributed by atoms with Gasteiger partial charge >= 0.3 is 5.97 Å². The summed E-state index contributed by atoms with van der Waals surface area (Å²) in [4.78, 5) is 12.0. The second-order valence-electron chi connectivity index (χ2n) is 4.17. The quantitative estimate of drug-likeness (QED) is 0.725. The summed E-state index contributed by atoms with van der Waals surface area (Å²) in [5, 5.41) is 0. The van der Waals surface area contributed by atoms with Crippen molar-refractivity contribution in [2.24, 2.45) is 0 Å². The summed E-state index contributed by atoms with van der Waals surface area (Å²) in [6.07, 6.45) is 1.88. The number of carbonyl (C=O) groups excluding carboxylic acids is 1. The molecule has 0 spiro atoms. The predicted octanol–water partition coefficient (Wildman–Crippen LogP) is 3.52. The van der Waals surface area contributed by atoms with Gasteiger partial charge in [0.1, 0.15) is 5.75 Å². The van der Waals surface area contributed by atoms with Crippen LogP contribution >= 0.6 is 0 Å². The minimum atomic E-state index is -0.259. The number of hydrogen-bond donors (Lipinski definition) is 0. The molecular formula is C15H22O3. The molecule has 0 atom stereocenters. The highest BCUT2D eigenvalue weighted by Crippen LogP contribution is 2.24. The van der Waals surface area contributed by atoms with Crippen molar-refractivity contribution < 1.29 is 14.3 Å². The summed E-state index contributed by atoms with van der Waals surface area (Å²) in [7, 11) is 0. The molecule has 18 heavy (non-hydrogen) atoms. The Morgan fingerprint density at radius 2 is 1.89 bits per heavy atom. The van der Waals surface area contributed by atoms with E-state index in [2.05, 4.69) is 6.92 Å². The average Bonchev–Trinajstić information content (AvgIpc) is 2.33. The van der Waals surface area contributed by atoms with Crippen LogP contribution in [0.1, 0.15) is 48.7 Å². The van der Waals surface area contributed by atoms with Crippen molar-refractivity contribution in [1.82, 2.24) is 0 Å². The largest absolute Gasteiger partial charge is 0.494 e. The third kappa shape index (κ3) is 3.49. The van der Waals surface area contributed by atoms with Crippen molar-refractivity contribution in [2.45, 2.75) is 40.5 Å². The summed E-state index contributed by atoms with van der Waals surface area (Å²) in [5.41, 5.74) is 2.80. The maximum atomic E-state index is 12.0. The molecule has 100 valence electrons. The number of carbonyl (C=O) groups is 1. The Labute approximate surface area is 109 Å². The summed E-state index contributed by atoms with van der Waals surface area (Å²) in [6.45, 7) is 8.84. The summed E-state index contributed by atoms with van der Waals surface area (Å²) in [5.74, 6) is 0.475. The monoisotopic (exact) mass is 250 g/mol. The van der Waals surface area contributed by atoms with E-state index in [0.29, 0.717) is 18.8 Å². The van der Waals surface area contributed by atoms with Crippen molar-refractivity contribution >= 4 is 5.97 Å². The van der Waals surface area contributed by atoms with Gasteiger partial charge in [-0.2, -0.15) is 0 Å². The second kappa shape index (κ2) is 7.04. The number of ether oxygens (including phenoxy) is 2. The van der Waals surface area contributed by atoms with Gasteiger partial charge < -0.3 is 9.47 Å². The molecule has 1 rings (SSSR count). The third-order valence-corrected chi connectivity index (χ3v) is 2.75. The third-order valence-electron chi connectivity index (χ3n) is 2.75. The molecule has 0 bridgehead atoms. The Bertz CT molecular complexity index is 410. The van der Waals surface area contributed by atoms with Crippen LogP contribution < -0.4 is 4.74 Å². The smallest absolute Gasteiger partial charge is 0.338 e. The maximum Gasteiger partial charge on any atom is 0.338 e. The van der Waals surface area contributed by atoms with Crippen LogP contribution in [-0.2, 0) is 11.2 Å². The topological polar surface area (TPSA) is 35.5 Å². The molecule has 0 aliphatic carbocycles. The average molecular weight is 250 g/mol. The van der Waals surface area contributed by atoms with Gasteiger partial charge in [0.15, 0.2) is 0 Å². The molecule has 0 aromatic heterocycles. The normalized spacial score (nSPS) is 10.2. The minimum Gasteiger partial charge on any atom is -0.494 e. The van der Waals surface area contributed by atoms with Gasteiger partial charge in [-0.25, -0.2) is 4.79 Å². The molecule has 3 heteroatoms. The highest BCUT2D eigenvalue weighted by Gasteiger charge is 2.16. The van der Waals surface area contributed by atoms with Gasteiger partial charge in [-0.1, -0.05) is 13.3 Å². The highest BCUT2D eigenvalue weighted by atomic mass is 16.5. The van der Waals surface area contributed by atoms with E-state index in [1.807, 2.05) is 26.8 Å². The predicted molar refractivity (Wildman–Crippen MR) is 72.3 cm³/mol. The number of esters is 1. The molecule has 0 radical (unpaired) electrons. The Morgan fingerprint density at radius 1 is 1.17 bits per heavy atom. The second-order valence-corrected chi connectivity index (χ2v) is 4.17. The van der Waals surface area contributed by atoms with E-state index in [9.17, 15) is 4.79 Å². The summed E-state index contributed by atoms with van der Waals surface area (Å²) < 4.78 is 10.6. The van der Waals surface area contributed by atoms with E-state index in [1.54, 1.807) is 6.07 Å². The maximum absolute atomic E-state index is 12.0. The number of aryl methyl sites for hydroxylation is 1. The lowest BCUT2D eigenvalue weighted by molar-refractivity contribution is 0.0524. The molecule has 3 nitrogen and oxygen atoms in total. The molecule has 0 unspecified atom stereocenters. The zero-order valence-electron chi connectivity index (χ0n) is 11.7. The first-order valence-corrected chi connectivity index (χ1v) is 6.57. The number of benzene rings is 1. The molecule has 1 aromatic rings. The van der Waals surface area contributed by atoms with Gasteiger partial charge in [-0.3, -0.25) is 0 Å². The zero-order chi connectivity index (χ0) is 13.5. The Morgan fingerprint density at radius 3 is 2.44 bits per heavy atom. The van der Waals surface area contributed by atoms with Gasteiger partial charge in [0.05, 0.1) is 18.8 Å². The highest BCUT2D eigenvalue weighted by molar-refractivity contribution is 5.92. The van der Waals surface area contributed by atoms with Crippen molar-refractivity contribution in [3.63, 3.8) is 0 Å². The first-order chi connectivity index (χ1) is 8.63. The van der Waals surface area contributed by atoms with Gasteiger partial charge in [-0.15, -0.1) is 0 Å². The molecule has 0 N–H and O–H groups in total. The van der Waals surface area contributed by atoms with Crippen LogP contribution in [0.3, 0.4) is 0 Å². The van der Waals surface area contributed by atoms with Crippen molar-refractivity contribution in [2.75, 3.05) is 13.2 Å². The van der Waals surface area contributed by atoms with Gasteiger partial charge in [0, 0.05) is 0 Å². The fourth-order valence-electron chi connectivity index (χ4n) is 2.01. The van der Waals surface area contributed by atoms with Gasteiger partial charge in [0.25, 0.3) is 0 Å². The summed E-state index contributed by atoms with van der Waals surface area (Å²) >= 11 is 0. The Balaban J connectivity index is 3.19. The SMILES string of the molecule is CCCc1c(C)cc(OCC)cc1C(=O)OCC. The van der Waals surface area contributed by atoms with E-state index in [0.717, 1.165) is 29.7 Å². The van der Waals surface area contributed by atoms with Crippen LogP contribution in [0.15, 0.2) is 12.1 Å². The number of hydrogen-bond acceptors (Lipinski definition) is 3. The zero-order valence-corrected chi connectivity index (χ0v) is 11.7. The van der Waals surface area contributed by atoms with Crippen molar-refractivity contribution in [3.05, 3.63) is 28.8 Å². The van der Waals surface area contributed by atoms with Crippen molar-refractivity contribution in [3.8, 4) is 5.75 Å². The van der Waals surface area contributed by atoms with Gasteiger partial charge in [0.2, 0.25) is 0 Å². The van der Waals surface area contributed by atoms with Crippen LogP contribution in [-0.4, -0.2) is 19.2 Å². The van der Waals surface area contributed by atoms with Crippen LogP contribution in [0, 0.1) is 6.92 Å². The molecular weight excluding hydrogens is 228 g/mol. The van der Waals surface area contributed by atoms with E-state index >= 15 is 0 Å². The van der Waals surface area contributed by atoms with E-state index in [4.69, 9.17) is 9.47 Å². The van der Waals surface area contributed by atoms with E-state index in [1.165, 1.54) is 0 Å². The number of rotatable bonds is 6. The standard InChI is InChI=1S/C15H22O3/c1-5-8-13-11(4)9-12(17-6-2)10-14(13)15(16)18-7-3/h9-10H,5-8H2,1-4H3. The molecule has 1 aromatic carbocycles. The minimum absolute atomic E-state index is 0.259. The van der Waals surface area contributed by atoms with Crippen LogP contribution in [0.2, 0.25) is 0 Å². The lowest BCUT2D eigenvalue weighted by atomic mass is 9.97. The first-order valence-electron chi connectivity index (χ1n) is 6.57. The van der Waals surface area contributed by atoms with Crippen LogP contribution in [0.5, 0.6) is 5.75 Å². The lowest BCUT2D eigenvalue weighted by Gasteiger charge is -2.14. The molecule has 0 saturated heterocycles. The molecule has 0 fully saturated rings. The molecule has 0 amide bonds. The van der Waals surface area contributed by atoms with Crippen LogP contribution in [0.25, 0.3) is 0 Å². The Kier molecular flexibility index (Phi) is 5.69. The van der Waals surface area contributed by atoms with E-state index in [-0.39, 0.29) is 5.97 Å². The van der Waals surface area contributed by atoms with Crippen molar-refractivity contribution in [1.29, 1.82) is 0 Å². The van der Waals surface area contributed by atoms with E-state index < -0.39 is 0 Å². The van der Waals surface area contributed by atoms with Crippen LogP contribution in [0.4, 0.5) is 0 Å². The fourth-order valence-corrected chi connectivity index (χ4v) is 2.01. The molecule has 0 saturated carbocycles. The Hall–Kier alpha value is -1.51. The fraction of sp³-hybridized carbons (Fsp3) is 0.533. The van der Waals surface area contributed by atoms with Gasteiger partial charge in [-0.05, 0) is 50.5 Å². The molecule has 0 heterocycles. The summed E-state index contributed by atoms with van der Waals surface area (Å²) in [6, 6.07) is 3.77.